The number of imide groups is 1. The number of hydrogen-bond acceptors (Lipinski definition) is 4. The van der Waals surface area contributed by atoms with Crippen molar-refractivity contribution in [1.29, 1.82) is 0 Å². The molecule has 2 heterocycles. The van der Waals surface area contributed by atoms with E-state index in [0.29, 0.717) is 36.5 Å². The van der Waals surface area contributed by atoms with Crippen molar-refractivity contribution in [3.8, 4) is 0 Å². The van der Waals surface area contributed by atoms with E-state index in [1.807, 2.05) is 6.07 Å². The monoisotopic (exact) mass is 453 g/mol. The molecule has 1 aliphatic carbocycles. The van der Waals surface area contributed by atoms with E-state index in [4.69, 9.17) is 0 Å². The first-order valence-electron chi connectivity index (χ1n) is 13.0. The van der Waals surface area contributed by atoms with Gasteiger partial charge < -0.3 is 10.2 Å². The molecule has 0 spiro atoms. The molecule has 4 rings (SSSR count). The van der Waals surface area contributed by atoms with Crippen molar-refractivity contribution < 1.29 is 14.4 Å². The Bertz CT molecular complexity index is 877. The largest absolute Gasteiger partial charge is 0.322 e. The number of rotatable bonds is 9. The Hall–Kier alpha value is -2.21. The summed E-state index contributed by atoms with van der Waals surface area (Å²) < 4.78 is 0. The van der Waals surface area contributed by atoms with Crippen LogP contribution in [0.3, 0.4) is 0 Å². The van der Waals surface area contributed by atoms with E-state index in [1.165, 1.54) is 56.9 Å². The number of carbonyl (C=O) groups excluding carboxylic acids is 3. The van der Waals surface area contributed by atoms with Crippen LogP contribution in [0.15, 0.2) is 18.2 Å². The van der Waals surface area contributed by atoms with E-state index in [9.17, 15) is 14.4 Å². The average molecular weight is 454 g/mol. The van der Waals surface area contributed by atoms with Crippen molar-refractivity contribution in [2.24, 2.45) is 5.92 Å². The second-order valence-corrected chi connectivity index (χ2v) is 10.2. The van der Waals surface area contributed by atoms with Crippen LogP contribution in [-0.4, -0.2) is 40.7 Å². The molecule has 3 amide bonds. The molecule has 1 aromatic carbocycles. The Morgan fingerprint density at radius 2 is 1.82 bits per heavy atom. The Kier molecular flexibility index (Phi) is 7.84. The second kappa shape index (κ2) is 10.8. The lowest BCUT2D eigenvalue weighted by molar-refractivity contribution is -0.136. The molecule has 3 atom stereocenters. The lowest BCUT2D eigenvalue weighted by Crippen LogP contribution is -2.52. The molecule has 2 aliphatic heterocycles. The molecular formula is C27H39N3O3. The molecule has 180 valence electrons. The molecule has 0 bridgehead atoms. The van der Waals surface area contributed by atoms with Gasteiger partial charge in [-0.15, -0.1) is 0 Å². The number of fused-ring (bicyclic) bond motifs is 1. The van der Waals surface area contributed by atoms with Gasteiger partial charge in [-0.2, -0.15) is 0 Å². The number of carbonyl (C=O) groups is 3. The van der Waals surface area contributed by atoms with Crippen molar-refractivity contribution in [1.82, 2.24) is 15.5 Å². The third-order valence-corrected chi connectivity index (χ3v) is 7.72. The van der Waals surface area contributed by atoms with Crippen LogP contribution in [0.4, 0.5) is 0 Å². The molecule has 3 aliphatic rings. The van der Waals surface area contributed by atoms with Crippen LogP contribution < -0.4 is 10.6 Å². The predicted molar refractivity (Wildman–Crippen MR) is 129 cm³/mol. The maximum atomic E-state index is 13.0. The third-order valence-electron chi connectivity index (χ3n) is 7.72. The van der Waals surface area contributed by atoms with Crippen LogP contribution in [0, 0.1) is 5.92 Å². The highest BCUT2D eigenvalue weighted by atomic mass is 16.2. The first kappa shape index (κ1) is 23.9. The Balaban J connectivity index is 1.43. The Morgan fingerprint density at radius 1 is 1.06 bits per heavy atom. The first-order chi connectivity index (χ1) is 16.0. The van der Waals surface area contributed by atoms with E-state index in [-0.39, 0.29) is 24.1 Å². The highest BCUT2D eigenvalue weighted by Crippen LogP contribution is 2.32. The summed E-state index contributed by atoms with van der Waals surface area (Å²) in [5.74, 6) is -0.0718. The zero-order valence-corrected chi connectivity index (χ0v) is 20.2. The highest BCUT2D eigenvalue weighted by molar-refractivity contribution is 6.05. The normalized spacial score (nSPS) is 25.5. The van der Waals surface area contributed by atoms with E-state index >= 15 is 0 Å². The van der Waals surface area contributed by atoms with Crippen molar-refractivity contribution >= 4 is 17.7 Å². The van der Waals surface area contributed by atoms with E-state index in [2.05, 4.69) is 36.6 Å². The summed E-state index contributed by atoms with van der Waals surface area (Å²) in [6.07, 6.45) is 11.8. The number of nitrogens with zero attached hydrogens (tertiary/aromatic N) is 1. The number of benzene rings is 1. The van der Waals surface area contributed by atoms with Crippen LogP contribution in [0.25, 0.3) is 0 Å². The minimum atomic E-state index is -0.549. The van der Waals surface area contributed by atoms with Gasteiger partial charge in [0.25, 0.3) is 5.91 Å². The number of piperidine rings is 1. The molecule has 0 aromatic heterocycles. The van der Waals surface area contributed by atoms with Gasteiger partial charge in [0.15, 0.2) is 0 Å². The fourth-order valence-electron chi connectivity index (χ4n) is 6.04. The first-order valence-corrected chi connectivity index (χ1v) is 13.0. The van der Waals surface area contributed by atoms with Gasteiger partial charge in [0.2, 0.25) is 11.8 Å². The van der Waals surface area contributed by atoms with Crippen LogP contribution >= 0.6 is 0 Å². The van der Waals surface area contributed by atoms with Gasteiger partial charge in [0.05, 0.1) is 0 Å². The van der Waals surface area contributed by atoms with E-state index in [1.54, 1.807) is 4.90 Å². The fraction of sp³-hybridized carbons (Fsp3) is 0.667. The van der Waals surface area contributed by atoms with Gasteiger partial charge in [-0.1, -0.05) is 51.7 Å². The van der Waals surface area contributed by atoms with E-state index in [0.717, 1.165) is 12.0 Å². The van der Waals surface area contributed by atoms with Crippen molar-refractivity contribution in [2.45, 2.75) is 109 Å². The Morgan fingerprint density at radius 3 is 2.55 bits per heavy atom. The number of hydrogen-bond donors (Lipinski definition) is 2. The van der Waals surface area contributed by atoms with Gasteiger partial charge in [0.1, 0.15) is 6.04 Å². The molecule has 0 radical (unpaired) electrons. The van der Waals surface area contributed by atoms with Gasteiger partial charge >= 0.3 is 0 Å². The Labute approximate surface area is 197 Å². The SMILES string of the molecule is CCCC(CCC)NC1CCCC[C@@H]1Cc1ccc2c(c1)CN(C1CCC(=O)NC1=O)C2=O. The van der Waals surface area contributed by atoms with Crippen LogP contribution in [0.2, 0.25) is 0 Å². The summed E-state index contributed by atoms with van der Waals surface area (Å²) in [7, 11) is 0. The topological polar surface area (TPSA) is 78.5 Å². The molecule has 1 aromatic rings. The number of amides is 3. The van der Waals surface area contributed by atoms with Crippen molar-refractivity contribution in [2.75, 3.05) is 0 Å². The minimum absolute atomic E-state index is 0.0924. The maximum absolute atomic E-state index is 13.0. The van der Waals surface area contributed by atoms with Gasteiger partial charge in [0, 0.05) is 30.6 Å². The van der Waals surface area contributed by atoms with Gasteiger partial charge in [-0.3, -0.25) is 19.7 Å². The zero-order valence-electron chi connectivity index (χ0n) is 20.2. The molecule has 6 heteroatoms. The molecule has 6 nitrogen and oxygen atoms in total. The molecule has 2 fully saturated rings. The molecule has 1 saturated heterocycles. The minimum Gasteiger partial charge on any atom is -0.322 e. The van der Waals surface area contributed by atoms with Gasteiger partial charge in [-0.05, 0) is 61.6 Å². The third kappa shape index (κ3) is 5.48. The lowest BCUT2D eigenvalue weighted by atomic mass is 9.80. The van der Waals surface area contributed by atoms with Crippen LogP contribution in [-0.2, 0) is 22.6 Å². The number of nitrogens with one attached hydrogen (secondary N) is 2. The molecule has 1 saturated carbocycles. The quantitative estimate of drug-likeness (QED) is 0.552. The van der Waals surface area contributed by atoms with Crippen LogP contribution in [0.1, 0.15) is 99.5 Å². The highest BCUT2D eigenvalue weighted by Gasteiger charge is 2.39. The maximum Gasteiger partial charge on any atom is 0.255 e. The van der Waals surface area contributed by atoms with Crippen LogP contribution in [0.5, 0.6) is 0 Å². The molecule has 33 heavy (non-hydrogen) atoms. The lowest BCUT2D eigenvalue weighted by Gasteiger charge is -2.35. The fourth-order valence-corrected chi connectivity index (χ4v) is 6.04. The summed E-state index contributed by atoms with van der Waals surface area (Å²) in [5.41, 5.74) is 3.00. The smallest absolute Gasteiger partial charge is 0.255 e. The summed E-state index contributed by atoms with van der Waals surface area (Å²) in [6.45, 7) is 4.99. The van der Waals surface area contributed by atoms with Crippen molar-refractivity contribution in [3.05, 3.63) is 34.9 Å². The van der Waals surface area contributed by atoms with E-state index < -0.39 is 6.04 Å². The average Bonchev–Trinajstić information content (AvgIpc) is 3.11. The predicted octanol–water partition coefficient (Wildman–Crippen LogP) is 4.11. The van der Waals surface area contributed by atoms with Crippen molar-refractivity contribution in [3.63, 3.8) is 0 Å². The summed E-state index contributed by atoms with van der Waals surface area (Å²) in [6, 6.07) is 6.86. The summed E-state index contributed by atoms with van der Waals surface area (Å²) in [5, 5.41) is 6.39. The second-order valence-electron chi connectivity index (χ2n) is 10.2. The zero-order chi connectivity index (χ0) is 23.4. The van der Waals surface area contributed by atoms with Gasteiger partial charge in [-0.25, -0.2) is 0 Å². The molecule has 2 N–H and O–H groups in total. The molecule has 2 unspecified atom stereocenters. The standard InChI is InChI=1S/C27H39N3O3/c1-3-7-21(8-4-2)28-23-10-6-5-9-19(23)15-18-11-12-22-20(16-18)17-30(27(22)33)24-13-14-25(31)29-26(24)32/h11-12,16,19,21,23-24,28H,3-10,13-15,17H2,1-2H3,(H,29,31,32)/t19-,23?,24?/m1/s1. The molecular weight excluding hydrogens is 414 g/mol. The summed E-state index contributed by atoms with van der Waals surface area (Å²) >= 11 is 0. The summed E-state index contributed by atoms with van der Waals surface area (Å²) in [4.78, 5) is 38.4.